The van der Waals surface area contributed by atoms with Gasteiger partial charge < -0.3 is 10.1 Å². The first-order valence-corrected chi connectivity index (χ1v) is 5.69. The molecular weight excluding hydrogens is 228 g/mol. The van der Waals surface area contributed by atoms with Gasteiger partial charge in [-0.05, 0) is 17.7 Å². The Kier molecular flexibility index (Phi) is 2.41. The van der Waals surface area contributed by atoms with Gasteiger partial charge >= 0.3 is 5.69 Å². The van der Waals surface area contributed by atoms with Gasteiger partial charge in [-0.2, -0.15) is 0 Å². The van der Waals surface area contributed by atoms with Crippen molar-refractivity contribution >= 4 is 11.0 Å². The van der Waals surface area contributed by atoms with Crippen LogP contribution in [0.4, 0.5) is 0 Å². The number of nitrogens with zero attached hydrogens (tertiary/aromatic N) is 1. The van der Waals surface area contributed by atoms with Gasteiger partial charge in [0, 0.05) is 6.07 Å². The lowest BCUT2D eigenvalue weighted by atomic mass is 10.2. The molecule has 1 aromatic heterocycles. The van der Waals surface area contributed by atoms with Crippen molar-refractivity contribution in [3.05, 3.63) is 64.6 Å². The molecule has 0 fully saturated rings. The van der Waals surface area contributed by atoms with Crippen molar-refractivity contribution in [2.75, 3.05) is 0 Å². The van der Waals surface area contributed by atoms with Crippen molar-refractivity contribution < 1.29 is 5.11 Å². The normalized spacial score (nSPS) is 10.9. The fourth-order valence-electron chi connectivity index (χ4n) is 2.07. The summed E-state index contributed by atoms with van der Waals surface area (Å²) in [6, 6.07) is 14.7. The van der Waals surface area contributed by atoms with Crippen molar-refractivity contribution in [3.63, 3.8) is 0 Å². The number of phenols is 1. The lowest BCUT2D eigenvalue weighted by Crippen LogP contribution is -2.17. The maximum Gasteiger partial charge on any atom is 0.326 e. The number of H-pyrrole nitrogens is 1. The Morgan fingerprint density at radius 2 is 1.89 bits per heavy atom. The van der Waals surface area contributed by atoms with E-state index < -0.39 is 0 Å². The van der Waals surface area contributed by atoms with E-state index in [9.17, 15) is 9.90 Å². The van der Waals surface area contributed by atoms with Crippen LogP contribution in [0.15, 0.2) is 53.3 Å². The lowest BCUT2D eigenvalue weighted by molar-refractivity contribution is 0.476. The van der Waals surface area contributed by atoms with Crippen LogP contribution in [0, 0.1) is 0 Å². The monoisotopic (exact) mass is 240 g/mol. The predicted octanol–water partition coefficient (Wildman–Crippen LogP) is 2.08. The van der Waals surface area contributed by atoms with Gasteiger partial charge in [0.15, 0.2) is 0 Å². The summed E-state index contributed by atoms with van der Waals surface area (Å²) in [5, 5.41) is 9.39. The highest BCUT2D eigenvalue weighted by atomic mass is 16.3. The first-order valence-electron chi connectivity index (χ1n) is 5.69. The summed E-state index contributed by atoms with van der Waals surface area (Å²) >= 11 is 0. The molecule has 0 unspecified atom stereocenters. The number of aromatic amines is 1. The third-order valence-electron chi connectivity index (χ3n) is 2.94. The second-order valence-corrected chi connectivity index (χ2v) is 4.20. The van der Waals surface area contributed by atoms with E-state index in [1.807, 2.05) is 30.3 Å². The molecule has 4 heteroatoms. The maximum atomic E-state index is 11.9. The van der Waals surface area contributed by atoms with Crippen molar-refractivity contribution in [2.24, 2.45) is 0 Å². The maximum absolute atomic E-state index is 11.9. The van der Waals surface area contributed by atoms with E-state index in [1.165, 1.54) is 0 Å². The number of rotatable bonds is 2. The van der Waals surface area contributed by atoms with Crippen LogP contribution in [0.2, 0.25) is 0 Å². The molecule has 0 aliphatic heterocycles. The van der Waals surface area contributed by atoms with Crippen LogP contribution < -0.4 is 5.69 Å². The van der Waals surface area contributed by atoms with Crippen molar-refractivity contribution in [2.45, 2.75) is 6.54 Å². The van der Waals surface area contributed by atoms with Gasteiger partial charge in [0.05, 0.1) is 17.6 Å². The van der Waals surface area contributed by atoms with E-state index in [4.69, 9.17) is 0 Å². The van der Waals surface area contributed by atoms with Crippen molar-refractivity contribution in [1.82, 2.24) is 9.55 Å². The summed E-state index contributed by atoms with van der Waals surface area (Å²) in [6.07, 6.45) is 0. The summed E-state index contributed by atoms with van der Waals surface area (Å²) in [5.74, 6) is 0.149. The Balaban J connectivity index is 2.12. The van der Waals surface area contributed by atoms with Crippen LogP contribution in [0.3, 0.4) is 0 Å². The van der Waals surface area contributed by atoms with Crippen LogP contribution in [0.1, 0.15) is 5.56 Å². The topological polar surface area (TPSA) is 58.0 Å². The van der Waals surface area contributed by atoms with E-state index >= 15 is 0 Å². The molecular formula is C14H12N2O2. The first-order chi connectivity index (χ1) is 8.74. The van der Waals surface area contributed by atoms with Crippen molar-refractivity contribution in [1.29, 1.82) is 0 Å². The van der Waals surface area contributed by atoms with Crippen LogP contribution in [-0.2, 0) is 6.54 Å². The number of hydrogen-bond acceptors (Lipinski definition) is 2. The van der Waals surface area contributed by atoms with Crippen LogP contribution in [0.5, 0.6) is 5.75 Å². The van der Waals surface area contributed by atoms with Gasteiger partial charge in [0.25, 0.3) is 0 Å². The minimum Gasteiger partial charge on any atom is -0.508 e. The molecule has 0 atom stereocenters. The number of fused-ring (bicyclic) bond motifs is 1. The third kappa shape index (κ3) is 1.78. The Morgan fingerprint density at radius 3 is 2.67 bits per heavy atom. The summed E-state index contributed by atoms with van der Waals surface area (Å²) in [7, 11) is 0. The van der Waals surface area contributed by atoms with E-state index in [-0.39, 0.29) is 11.4 Å². The molecule has 3 rings (SSSR count). The van der Waals surface area contributed by atoms with Crippen molar-refractivity contribution in [3.8, 4) is 5.75 Å². The molecule has 2 aromatic carbocycles. The quantitative estimate of drug-likeness (QED) is 0.720. The minimum absolute atomic E-state index is 0.149. The van der Waals surface area contributed by atoms with E-state index in [1.54, 1.807) is 22.8 Å². The van der Waals surface area contributed by atoms with E-state index in [0.717, 1.165) is 11.1 Å². The number of imidazole rings is 1. The number of aromatic nitrogens is 2. The second-order valence-electron chi connectivity index (χ2n) is 4.20. The number of hydrogen-bond donors (Lipinski definition) is 2. The van der Waals surface area contributed by atoms with Crippen LogP contribution in [-0.4, -0.2) is 14.7 Å². The number of nitrogens with one attached hydrogen (secondary N) is 1. The first kappa shape index (κ1) is 10.7. The Morgan fingerprint density at radius 1 is 1.11 bits per heavy atom. The predicted molar refractivity (Wildman–Crippen MR) is 69.8 cm³/mol. The standard InChI is InChI=1S/C14H12N2O2/c17-11-6-7-13-12(8-11)15-14(18)16(13)9-10-4-2-1-3-5-10/h1-8,17H,9H2,(H,15,18). The summed E-state index contributed by atoms with van der Waals surface area (Å²) < 4.78 is 1.66. The minimum atomic E-state index is -0.167. The second kappa shape index (κ2) is 4.07. The molecule has 0 aliphatic rings. The molecule has 18 heavy (non-hydrogen) atoms. The third-order valence-corrected chi connectivity index (χ3v) is 2.94. The Labute approximate surface area is 103 Å². The molecule has 1 heterocycles. The van der Waals surface area contributed by atoms with Gasteiger partial charge in [-0.15, -0.1) is 0 Å². The molecule has 0 amide bonds. The summed E-state index contributed by atoms with van der Waals surface area (Å²) in [5.41, 5.74) is 2.34. The zero-order valence-corrected chi connectivity index (χ0v) is 9.63. The van der Waals surface area contributed by atoms with Gasteiger partial charge in [-0.1, -0.05) is 30.3 Å². The van der Waals surface area contributed by atoms with E-state index in [2.05, 4.69) is 4.98 Å². The zero-order chi connectivity index (χ0) is 12.5. The molecule has 90 valence electrons. The lowest BCUT2D eigenvalue weighted by Gasteiger charge is -2.03. The molecule has 0 radical (unpaired) electrons. The molecule has 0 aliphatic carbocycles. The highest BCUT2D eigenvalue weighted by Crippen LogP contribution is 2.17. The molecule has 3 aromatic rings. The van der Waals surface area contributed by atoms with E-state index in [0.29, 0.717) is 12.1 Å². The molecule has 0 saturated heterocycles. The molecule has 0 saturated carbocycles. The van der Waals surface area contributed by atoms with Crippen LogP contribution >= 0.6 is 0 Å². The number of benzene rings is 2. The largest absolute Gasteiger partial charge is 0.508 e. The fraction of sp³-hybridized carbons (Fsp3) is 0.0714. The number of aromatic hydroxyl groups is 1. The van der Waals surface area contributed by atoms with Gasteiger partial charge in [-0.3, -0.25) is 4.57 Å². The fourth-order valence-corrected chi connectivity index (χ4v) is 2.07. The van der Waals surface area contributed by atoms with Gasteiger partial charge in [0.2, 0.25) is 0 Å². The van der Waals surface area contributed by atoms with Crippen LogP contribution in [0.25, 0.3) is 11.0 Å². The SMILES string of the molecule is O=c1[nH]c2cc(O)ccc2n1Cc1ccccc1. The number of phenolic OH excluding ortho intramolecular Hbond substituents is 1. The average molecular weight is 240 g/mol. The highest BCUT2D eigenvalue weighted by molar-refractivity contribution is 5.76. The van der Waals surface area contributed by atoms with Gasteiger partial charge in [0.1, 0.15) is 5.75 Å². The molecule has 0 bridgehead atoms. The molecule has 4 nitrogen and oxygen atoms in total. The highest BCUT2D eigenvalue weighted by Gasteiger charge is 2.07. The Hall–Kier alpha value is -2.49. The Bertz CT molecular complexity index is 741. The van der Waals surface area contributed by atoms with Gasteiger partial charge in [-0.25, -0.2) is 4.79 Å². The smallest absolute Gasteiger partial charge is 0.326 e. The summed E-state index contributed by atoms with van der Waals surface area (Å²) in [4.78, 5) is 14.6. The molecule has 2 N–H and O–H groups in total. The average Bonchev–Trinajstić information content (AvgIpc) is 2.66. The molecule has 0 spiro atoms. The zero-order valence-electron chi connectivity index (χ0n) is 9.63. The summed E-state index contributed by atoms with van der Waals surface area (Å²) in [6.45, 7) is 0.518.